The summed E-state index contributed by atoms with van der Waals surface area (Å²) in [6.07, 6.45) is 2.22. The maximum absolute atomic E-state index is 9.63. The van der Waals surface area contributed by atoms with Gasteiger partial charge < -0.3 is 10.4 Å². The van der Waals surface area contributed by atoms with Crippen LogP contribution in [0.4, 0.5) is 0 Å². The lowest BCUT2D eigenvalue weighted by Crippen LogP contribution is -2.23. The molecule has 2 N–H and O–H groups in total. The molecule has 2 heteroatoms. The van der Waals surface area contributed by atoms with Gasteiger partial charge in [-0.3, -0.25) is 0 Å². The Hall–Kier alpha value is -1.02. The maximum Gasteiger partial charge on any atom is 0.120 e. The van der Waals surface area contributed by atoms with Gasteiger partial charge in [-0.15, -0.1) is 0 Å². The molecule has 1 aromatic carbocycles. The minimum atomic E-state index is 0.430. The van der Waals surface area contributed by atoms with Crippen molar-refractivity contribution < 1.29 is 5.11 Å². The van der Waals surface area contributed by atoms with Crippen LogP contribution in [-0.4, -0.2) is 11.1 Å². The van der Waals surface area contributed by atoms with Crippen LogP contribution in [0.25, 0.3) is 0 Å². The van der Waals surface area contributed by atoms with Crippen molar-refractivity contribution in [3.05, 3.63) is 29.3 Å². The van der Waals surface area contributed by atoms with Crippen molar-refractivity contribution in [1.29, 1.82) is 0 Å². The summed E-state index contributed by atoms with van der Waals surface area (Å²) in [6.45, 7) is 2.98. The average Bonchev–Trinajstić information content (AvgIpc) is 2.30. The minimum absolute atomic E-state index is 0.430. The van der Waals surface area contributed by atoms with Crippen LogP contribution in [0.5, 0.6) is 5.75 Å². The largest absolute Gasteiger partial charge is 0.508 e. The summed E-state index contributed by atoms with van der Waals surface area (Å²) in [5, 5.41) is 13.0. The zero-order valence-corrected chi connectivity index (χ0v) is 7.88. The first-order valence-corrected chi connectivity index (χ1v) is 4.80. The van der Waals surface area contributed by atoms with Gasteiger partial charge in [0, 0.05) is 18.2 Å². The van der Waals surface area contributed by atoms with E-state index in [1.54, 1.807) is 6.07 Å². The van der Waals surface area contributed by atoms with Gasteiger partial charge in [-0.25, -0.2) is 0 Å². The highest BCUT2D eigenvalue weighted by Crippen LogP contribution is 2.24. The third-order valence-corrected chi connectivity index (χ3v) is 2.72. The molecule has 70 valence electrons. The summed E-state index contributed by atoms with van der Waals surface area (Å²) in [4.78, 5) is 0. The molecule has 0 aliphatic carbocycles. The van der Waals surface area contributed by atoms with Crippen molar-refractivity contribution >= 4 is 0 Å². The molecule has 1 unspecified atom stereocenters. The van der Waals surface area contributed by atoms with Gasteiger partial charge in [0.05, 0.1) is 0 Å². The van der Waals surface area contributed by atoms with Crippen LogP contribution in [0.3, 0.4) is 0 Å². The van der Waals surface area contributed by atoms with E-state index in [0.717, 1.165) is 24.9 Å². The molecule has 1 atom stereocenters. The third-order valence-electron chi connectivity index (χ3n) is 2.72. The summed E-state index contributed by atoms with van der Waals surface area (Å²) < 4.78 is 0. The summed E-state index contributed by atoms with van der Waals surface area (Å²) in [5.74, 6) is 0.430. The van der Waals surface area contributed by atoms with Crippen LogP contribution in [0.1, 0.15) is 24.5 Å². The number of hydrogen-bond donors (Lipinski definition) is 2. The quantitative estimate of drug-likeness (QED) is 0.633. The molecule has 1 aliphatic heterocycles. The molecule has 0 amide bonds. The van der Waals surface area contributed by atoms with Crippen molar-refractivity contribution in [2.75, 3.05) is 0 Å². The van der Waals surface area contributed by atoms with Crippen molar-refractivity contribution in [1.82, 2.24) is 5.32 Å². The van der Waals surface area contributed by atoms with Crippen molar-refractivity contribution in [3.8, 4) is 5.75 Å². The van der Waals surface area contributed by atoms with Gasteiger partial charge in [-0.2, -0.15) is 0 Å². The van der Waals surface area contributed by atoms with Gasteiger partial charge in [0.2, 0.25) is 0 Å². The summed E-state index contributed by atoms with van der Waals surface area (Å²) in [6, 6.07) is 6.34. The first kappa shape index (κ1) is 8.57. The van der Waals surface area contributed by atoms with Crippen molar-refractivity contribution in [3.63, 3.8) is 0 Å². The second-order valence-electron chi connectivity index (χ2n) is 3.74. The fourth-order valence-corrected chi connectivity index (χ4v) is 1.81. The minimum Gasteiger partial charge on any atom is -0.508 e. The van der Waals surface area contributed by atoms with E-state index < -0.39 is 0 Å². The third kappa shape index (κ3) is 1.68. The van der Waals surface area contributed by atoms with Crippen molar-refractivity contribution in [2.24, 2.45) is 0 Å². The van der Waals surface area contributed by atoms with Gasteiger partial charge in [0.15, 0.2) is 0 Å². The lowest BCUT2D eigenvalue weighted by atomic mass is 10.0. The number of benzene rings is 1. The predicted molar refractivity (Wildman–Crippen MR) is 52.7 cm³/mol. The van der Waals surface area contributed by atoms with Crippen LogP contribution < -0.4 is 5.32 Å². The topological polar surface area (TPSA) is 32.3 Å². The van der Waals surface area contributed by atoms with Crippen LogP contribution in [0.2, 0.25) is 0 Å². The van der Waals surface area contributed by atoms with E-state index in [2.05, 4.69) is 18.3 Å². The lowest BCUT2D eigenvalue weighted by molar-refractivity contribution is 0.461. The Balaban J connectivity index is 2.35. The average molecular weight is 177 g/mol. The zero-order valence-electron chi connectivity index (χ0n) is 7.88. The monoisotopic (exact) mass is 177 g/mol. The fourth-order valence-electron chi connectivity index (χ4n) is 1.81. The summed E-state index contributed by atoms with van der Waals surface area (Å²) in [5.41, 5.74) is 2.36. The molecule has 2 rings (SSSR count). The first-order valence-electron chi connectivity index (χ1n) is 4.80. The van der Waals surface area contributed by atoms with Crippen LogP contribution in [-0.2, 0) is 13.0 Å². The molecule has 0 bridgehead atoms. The van der Waals surface area contributed by atoms with E-state index in [-0.39, 0.29) is 0 Å². The van der Waals surface area contributed by atoms with E-state index >= 15 is 0 Å². The van der Waals surface area contributed by atoms with Gasteiger partial charge in [-0.05, 0) is 31.4 Å². The predicted octanol–water partition coefficient (Wildman–Crippen LogP) is 1.82. The molecule has 0 fully saturated rings. The van der Waals surface area contributed by atoms with Gasteiger partial charge in [0.25, 0.3) is 0 Å². The number of fused-ring (bicyclic) bond motifs is 1. The Kier molecular flexibility index (Phi) is 2.23. The molecule has 1 aromatic rings. The van der Waals surface area contributed by atoms with E-state index in [4.69, 9.17) is 0 Å². The highest BCUT2D eigenvalue weighted by molar-refractivity contribution is 5.39. The summed E-state index contributed by atoms with van der Waals surface area (Å²) in [7, 11) is 0. The molecule has 13 heavy (non-hydrogen) atoms. The van der Waals surface area contributed by atoms with E-state index in [0.29, 0.717) is 11.8 Å². The molecule has 0 saturated heterocycles. The number of phenolic OH excluding ortho intramolecular Hbond substituents is 1. The second-order valence-corrected chi connectivity index (χ2v) is 3.74. The number of rotatable bonds is 0. The normalized spacial score (nSPS) is 22.1. The van der Waals surface area contributed by atoms with Gasteiger partial charge >= 0.3 is 0 Å². The van der Waals surface area contributed by atoms with E-state index in [1.165, 1.54) is 5.56 Å². The highest BCUT2D eigenvalue weighted by atomic mass is 16.3. The number of phenols is 1. The Labute approximate surface area is 78.6 Å². The number of aryl methyl sites for hydroxylation is 1. The molecule has 1 aliphatic rings. The molecular weight excluding hydrogens is 162 g/mol. The Morgan fingerprint density at radius 3 is 3.15 bits per heavy atom. The molecule has 0 radical (unpaired) electrons. The smallest absolute Gasteiger partial charge is 0.120 e. The standard InChI is InChI=1S/C11H15NO/c1-8-5-6-9-3-2-4-11(13)10(9)7-12-8/h2-4,8,12-13H,5-7H2,1H3. The first-order chi connectivity index (χ1) is 6.27. The number of nitrogens with one attached hydrogen (secondary N) is 1. The van der Waals surface area contributed by atoms with Gasteiger partial charge in [0.1, 0.15) is 5.75 Å². The molecule has 0 aromatic heterocycles. The highest BCUT2D eigenvalue weighted by Gasteiger charge is 2.13. The molecule has 0 spiro atoms. The Morgan fingerprint density at radius 1 is 1.46 bits per heavy atom. The Bertz CT molecular complexity index is 309. The van der Waals surface area contributed by atoms with Crippen LogP contribution in [0, 0.1) is 0 Å². The molecule has 2 nitrogen and oxygen atoms in total. The fraction of sp³-hybridized carbons (Fsp3) is 0.455. The zero-order chi connectivity index (χ0) is 9.26. The Morgan fingerprint density at radius 2 is 2.31 bits per heavy atom. The molecule has 1 heterocycles. The SMILES string of the molecule is CC1CCc2cccc(O)c2CN1. The number of hydrogen-bond acceptors (Lipinski definition) is 2. The van der Waals surface area contributed by atoms with E-state index in [1.807, 2.05) is 6.07 Å². The lowest BCUT2D eigenvalue weighted by Gasteiger charge is -2.08. The van der Waals surface area contributed by atoms with Crippen LogP contribution >= 0.6 is 0 Å². The molecule has 0 saturated carbocycles. The van der Waals surface area contributed by atoms with E-state index in [9.17, 15) is 5.11 Å². The van der Waals surface area contributed by atoms with Crippen LogP contribution in [0.15, 0.2) is 18.2 Å². The second kappa shape index (κ2) is 3.38. The van der Waals surface area contributed by atoms with Crippen molar-refractivity contribution in [2.45, 2.75) is 32.4 Å². The maximum atomic E-state index is 9.63. The summed E-state index contributed by atoms with van der Waals surface area (Å²) >= 11 is 0. The molecular formula is C11H15NO. The number of aromatic hydroxyl groups is 1. The van der Waals surface area contributed by atoms with Gasteiger partial charge in [-0.1, -0.05) is 12.1 Å².